The molecule has 14 heteroatoms. The van der Waals surface area contributed by atoms with Crippen LogP contribution in [0.15, 0.2) is 67.7 Å². The van der Waals surface area contributed by atoms with E-state index in [1.165, 1.54) is 28.4 Å². The fraction of sp³-hybridized carbons (Fsp3) is 0.303. The molecule has 47 heavy (non-hydrogen) atoms. The quantitative estimate of drug-likeness (QED) is 0.288. The van der Waals surface area contributed by atoms with Gasteiger partial charge in [-0.25, -0.2) is 19.2 Å². The number of esters is 4. The van der Waals surface area contributed by atoms with Gasteiger partial charge in [-0.2, -0.15) is 0 Å². The smallest absolute Gasteiger partial charge is 0.345 e. The first kappa shape index (κ1) is 34.2. The lowest BCUT2D eigenvalue weighted by Gasteiger charge is -2.50. The molecule has 0 fully saturated rings. The molecule has 3 aliphatic rings. The van der Waals surface area contributed by atoms with Gasteiger partial charge in [0.2, 0.25) is 0 Å². The van der Waals surface area contributed by atoms with Gasteiger partial charge in [0.1, 0.15) is 24.5 Å². The number of hydrogen-bond donors (Lipinski definition) is 0. The van der Waals surface area contributed by atoms with E-state index >= 15 is 0 Å². The maximum atomic E-state index is 14.5. The van der Waals surface area contributed by atoms with E-state index in [-0.39, 0.29) is 26.2 Å². The number of rotatable bonds is 6. The third-order valence-electron chi connectivity index (χ3n) is 7.85. The summed E-state index contributed by atoms with van der Waals surface area (Å²) in [4.78, 5) is 69.9. The van der Waals surface area contributed by atoms with Crippen LogP contribution >= 0.6 is 35.3 Å². The van der Waals surface area contributed by atoms with Crippen molar-refractivity contribution in [1.29, 1.82) is 0 Å². The minimum Gasteiger partial charge on any atom is -0.497 e. The predicted molar refractivity (Wildman–Crippen MR) is 180 cm³/mol. The zero-order valence-electron chi connectivity index (χ0n) is 26.8. The molecule has 0 radical (unpaired) electrons. The Morgan fingerprint density at radius 3 is 1.74 bits per heavy atom. The zero-order chi connectivity index (χ0) is 34.4. The molecule has 1 spiro atoms. The summed E-state index contributed by atoms with van der Waals surface area (Å²) in [7, 11) is 6.17. The van der Waals surface area contributed by atoms with Gasteiger partial charge in [0.25, 0.3) is 5.91 Å². The zero-order valence-corrected chi connectivity index (χ0v) is 29.2. The molecule has 0 saturated heterocycles. The summed E-state index contributed by atoms with van der Waals surface area (Å²) in [6.45, 7) is 5.55. The van der Waals surface area contributed by atoms with Crippen LogP contribution in [0.3, 0.4) is 0 Å². The number of ether oxygens (including phenoxy) is 5. The maximum absolute atomic E-state index is 14.5. The highest BCUT2D eigenvalue weighted by molar-refractivity contribution is 8.26. The van der Waals surface area contributed by atoms with Crippen LogP contribution in [0, 0.1) is 6.92 Å². The predicted octanol–water partition coefficient (Wildman–Crippen LogP) is 5.23. The van der Waals surface area contributed by atoms with Crippen molar-refractivity contribution in [2.75, 3.05) is 40.4 Å². The van der Waals surface area contributed by atoms with Crippen molar-refractivity contribution < 1.29 is 47.7 Å². The summed E-state index contributed by atoms with van der Waals surface area (Å²) >= 11 is 2.70. The van der Waals surface area contributed by atoms with Crippen molar-refractivity contribution in [2.45, 2.75) is 30.4 Å². The number of anilines is 1. The Bertz CT molecular complexity index is 1800. The normalized spacial score (nSPS) is 17.6. The first-order valence-electron chi connectivity index (χ1n) is 14.0. The Morgan fingerprint density at radius 1 is 0.702 bits per heavy atom. The number of carbonyl (C=O) groups excluding carboxylic acids is 5. The monoisotopic (exact) mass is 697 g/mol. The molecule has 0 saturated carbocycles. The van der Waals surface area contributed by atoms with Crippen molar-refractivity contribution in [3.63, 3.8) is 0 Å². The second-order valence-corrected chi connectivity index (χ2v) is 14.6. The van der Waals surface area contributed by atoms with E-state index in [2.05, 4.69) is 0 Å². The van der Waals surface area contributed by atoms with Gasteiger partial charge in [-0.15, -0.1) is 0 Å². The second-order valence-electron chi connectivity index (χ2n) is 10.9. The van der Waals surface area contributed by atoms with Crippen LogP contribution in [0.25, 0.3) is 5.57 Å². The van der Waals surface area contributed by atoms with Crippen LogP contribution in [0.5, 0.6) is 5.75 Å². The number of aryl methyl sites for hydroxylation is 1. The molecule has 0 aliphatic carbocycles. The molecule has 3 aliphatic heterocycles. The molecule has 246 valence electrons. The Morgan fingerprint density at radius 2 is 1.23 bits per heavy atom. The van der Waals surface area contributed by atoms with Gasteiger partial charge in [-0.3, -0.25) is 9.69 Å². The minimum atomic E-state index is -1.68. The van der Waals surface area contributed by atoms with Crippen LogP contribution in [0.4, 0.5) is 5.69 Å². The summed E-state index contributed by atoms with van der Waals surface area (Å²) < 4.78 is 24.4. The molecule has 1 amide bonds. The number of methoxy groups -OCH3 is 5. The summed E-state index contributed by atoms with van der Waals surface area (Å²) in [5.41, 5.74) is 1.47. The average Bonchev–Trinajstić information content (AvgIpc) is 3.46. The Labute approximate surface area is 284 Å². The fourth-order valence-electron chi connectivity index (χ4n) is 5.61. The van der Waals surface area contributed by atoms with E-state index in [0.717, 1.165) is 48.0 Å². The number of nitrogens with zero attached hydrogens (tertiary/aromatic N) is 1. The summed E-state index contributed by atoms with van der Waals surface area (Å²) in [6.07, 6.45) is 0. The van der Waals surface area contributed by atoms with E-state index in [0.29, 0.717) is 33.0 Å². The van der Waals surface area contributed by atoms with Crippen molar-refractivity contribution >= 4 is 76.3 Å². The fourth-order valence-corrected chi connectivity index (χ4v) is 10.7. The number of benzene rings is 2. The lowest BCUT2D eigenvalue weighted by molar-refractivity contribution is -0.138. The van der Waals surface area contributed by atoms with Crippen LogP contribution < -0.4 is 9.64 Å². The molecule has 5 rings (SSSR count). The van der Waals surface area contributed by atoms with E-state index in [4.69, 9.17) is 23.7 Å². The standard InChI is InChI=1S/C33H31NO10S3/c1-16-9-11-17(12-10-16)27(35)34-20-15-18(40-4)13-14-19(20)21-26(32(34,2)3)45-23(29(37)42-6)22(28(36)41-5)33(21)46-24(30(38)43-7)25(47-33)31(39)44-8/h9-15H,1-8H3. The number of fused-ring (bicyclic) bond motifs is 3. The topological polar surface area (TPSA) is 135 Å². The summed E-state index contributed by atoms with van der Waals surface area (Å²) in [5, 5.41) is 0. The van der Waals surface area contributed by atoms with Gasteiger partial charge in [0, 0.05) is 27.7 Å². The number of carbonyl (C=O) groups is 5. The van der Waals surface area contributed by atoms with Crippen molar-refractivity contribution in [3.8, 4) is 5.75 Å². The van der Waals surface area contributed by atoms with Crippen LogP contribution in [-0.4, -0.2) is 75.0 Å². The lowest BCUT2D eigenvalue weighted by Crippen LogP contribution is -2.53. The summed E-state index contributed by atoms with van der Waals surface area (Å²) in [6, 6.07) is 12.3. The molecule has 0 aromatic heterocycles. The van der Waals surface area contributed by atoms with Gasteiger partial charge in [-0.05, 0) is 45.0 Å². The number of amides is 1. The van der Waals surface area contributed by atoms with Gasteiger partial charge in [-0.1, -0.05) is 53.0 Å². The summed E-state index contributed by atoms with van der Waals surface area (Å²) in [5.74, 6) is -3.29. The molecule has 11 nitrogen and oxygen atoms in total. The highest BCUT2D eigenvalue weighted by atomic mass is 32.2. The Hall–Kier alpha value is -4.14. The maximum Gasteiger partial charge on any atom is 0.345 e. The third-order valence-corrected chi connectivity index (χ3v) is 12.5. The molecule has 2 aromatic carbocycles. The van der Waals surface area contributed by atoms with Crippen molar-refractivity contribution in [3.05, 3.63) is 84.3 Å². The lowest BCUT2D eigenvalue weighted by atomic mass is 9.83. The molecule has 0 N–H and O–H groups in total. The van der Waals surface area contributed by atoms with Crippen molar-refractivity contribution in [1.82, 2.24) is 0 Å². The minimum absolute atomic E-state index is 0.124. The Kier molecular flexibility index (Phi) is 9.32. The molecule has 2 aromatic rings. The van der Waals surface area contributed by atoms with Crippen molar-refractivity contribution in [2.24, 2.45) is 0 Å². The highest BCUT2D eigenvalue weighted by Gasteiger charge is 2.61. The first-order chi connectivity index (χ1) is 22.3. The van der Waals surface area contributed by atoms with E-state index in [1.54, 1.807) is 35.2 Å². The Balaban J connectivity index is 1.89. The molecule has 0 atom stereocenters. The average molecular weight is 698 g/mol. The van der Waals surface area contributed by atoms with Gasteiger partial charge in [0.15, 0.2) is 0 Å². The first-order valence-corrected chi connectivity index (χ1v) is 16.5. The van der Waals surface area contributed by atoms with Gasteiger partial charge in [0.05, 0.1) is 52.3 Å². The number of hydrogen-bond acceptors (Lipinski definition) is 13. The highest BCUT2D eigenvalue weighted by Crippen LogP contribution is 2.71. The van der Waals surface area contributed by atoms with E-state index in [1.807, 2.05) is 32.9 Å². The molecule has 3 heterocycles. The van der Waals surface area contributed by atoms with Crippen LogP contribution in [0.2, 0.25) is 0 Å². The molecule has 0 unspecified atom stereocenters. The second kappa shape index (κ2) is 12.8. The van der Waals surface area contributed by atoms with Crippen LogP contribution in [-0.2, 0) is 38.1 Å². The number of thioether (sulfide) groups is 3. The molecular weight excluding hydrogens is 667 g/mol. The van der Waals surface area contributed by atoms with E-state index in [9.17, 15) is 24.0 Å². The SMILES string of the molecule is COC(=O)C1=C(C(=O)OC)SC2(S1)C(C(=O)OC)=C(C(=O)OC)SC1=C2c2ccc(OC)cc2N(C(=O)c2ccc(C)cc2)C1(C)C. The molecular formula is C33H31NO10S3. The third kappa shape index (κ3) is 5.41. The largest absolute Gasteiger partial charge is 0.497 e. The van der Waals surface area contributed by atoms with Gasteiger partial charge >= 0.3 is 23.9 Å². The van der Waals surface area contributed by atoms with Crippen LogP contribution in [0.1, 0.15) is 35.3 Å². The van der Waals surface area contributed by atoms with E-state index < -0.39 is 33.5 Å². The van der Waals surface area contributed by atoms with Gasteiger partial charge < -0.3 is 23.7 Å². The molecule has 0 bridgehead atoms.